The molecular formula is C13H18F2N4S. The molecule has 0 radical (unpaired) electrons. The monoisotopic (exact) mass is 300 g/mol. The number of halogens is 2. The number of nitrogens with one attached hydrogen (secondary N) is 1. The molecule has 0 saturated carbocycles. The number of hydrogen-bond acceptors (Lipinski definition) is 5. The van der Waals surface area contributed by atoms with E-state index in [4.69, 9.17) is 11.5 Å². The van der Waals surface area contributed by atoms with E-state index in [1.165, 1.54) is 18.3 Å². The van der Waals surface area contributed by atoms with E-state index < -0.39 is 11.6 Å². The average molecular weight is 300 g/mol. The fraction of sp³-hybridized carbons (Fsp3) is 0.385. The van der Waals surface area contributed by atoms with Gasteiger partial charge < -0.3 is 21.7 Å². The van der Waals surface area contributed by atoms with E-state index >= 15 is 0 Å². The van der Waals surface area contributed by atoms with E-state index in [9.17, 15) is 8.78 Å². The molecule has 1 aromatic rings. The smallest absolute Gasteiger partial charge is 0.151 e. The first-order valence-electron chi connectivity index (χ1n) is 6.34. The number of hydrogen-bond donors (Lipinski definition) is 3. The highest BCUT2D eigenvalue weighted by molar-refractivity contribution is 7.99. The minimum Gasteiger partial charge on any atom is -0.400 e. The summed E-state index contributed by atoms with van der Waals surface area (Å²) in [6.07, 6.45) is 1.44. The summed E-state index contributed by atoms with van der Waals surface area (Å²) in [4.78, 5) is 1.75. The average Bonchev–Trinajstić information content (AvgIpc) is 2.45. The molecular weight excluding hydrogens is 282 g/mol. The Morgan fingerprint density at radius 1 is 1.30 bits per heavy atom. The highest BCUT2D eigenvalue weighted by atomic mass is 32.2. The van der Waals surface area contributed by atoms with Gasteiger partial charge in [-0.05, 0) is 12.1 Å². The van der Waals surface area contributed by atoms with Crippen LogP contribution >= 0.6 is 11.8 Å². The zero-order valence-electron chi connectivity index (χ0n) is 11.0. The number of nitrogens with two attached hydrogens (primary N) is 2. The number of nitrogens with zero attached hydrogens (tertiary/aromatic N) is 1. The van der Waals surface area contributed by atoms with Gasteiger partial charge in [0.1, 0.15) is 5.69 Å². The van der Waals surface area contributed by atoms with Crippen molar-refractivity contribution >= 4 is 23.1 Å². The lowest BCUT2D eigenvalue weighted by Gasteiger charge is -2.29. The number of anilines is 2. The third kappa shape index (κ3) is 3.55. The molecule has 0 aromatic heterocycles. The van der Waals surface area contributed by atoms with Crippen molar-refractivity contribution in [3.05, 3.63) is 35.7 Å². The van der Waals surface area contributed by atoms with Crippen molar-refractivity contribution in [2.24, 2.45) is 11.5 Å². The molecule has 2 rings (SSSR count). The Morgan fingerprint density at radius 3 is 2.45 bits per heavy atom. The molecule has 1 aromatic carbocycles. The van der Waals surface area contributed by atoms with Crippen molar-refractivity contribution in [1.82, 2.24) is 0 Å². The van der Waals surface area contributed by atoms with Crippen LogP contribution in [0, 0.1) is 11.6 Å². The molecule has 0 atom stereocenters. The molecule has 4 nitrogen and oxygen atoms in total. The van der Waals surface area contributed by atoms with E-state index in [0.29, 0.717) is 24.5 Å². The molecule has 1 aliphatic heterocycles. The van der Waals surface area contributed by atoms with Crippen molar-refractivity contribution in [3.8, 4) is 0 Å². The second kappa shape index (κ2) is 6.81. The molecule has 110 valence electrons. The highest BCUT2D eigenvalue weighted by Gasteiger charge is 2.20. The third-order valence-electron chi connectivity index (χ3n) is 3.00. The second-order valence-corrected chi connectivity index (χ2v) is 5.68. The Kier molecular flexibility index (Phi) is 5.08. The summed E-state index contributed by atoms with van der Waals surface area (Å²) in [6.45, 7) is 1.50. The largest absolute Gasteiger partial charge is 0.400 e. The zero-order chi connectivity index (χ0) is 14.5. The molecule has 1 aliphatic rings. The van der Waals surface area contributed by atoms with Crippen LogP contribution in [0.4, 0.5) is 20.2 Å². The standard InChI is InChI=1S/C13H18F2N4S/c14-11-5-10(18-8-9(17)7-16)6-12(15)13(11)19-1-3-20-4-2-19/h5-6,8,18H,1-4,7,16-17H2/b9-8-. The van der Waals surface area contributed by atoms with Crippen LogP contribution in [-0.4, -0.2) is 31.1 Å². The van der Waals surface area contributed by atoms with Gasteiger partial charge >= 0.3 is 0 Å². The van der Waals surface area contributed by atoms with Crippen LogP contribution in [0.3, 0.4) is 0 Å². The first kappa shape index (κ1) is 14.9. The summed E-state index contributed by atoms with van der Waals surface area (Å²) in [7, 11) is 0. The third-order valence-corrected chi connectivity index (χ3v) is 3.95. The Bertz CT molecular complexity index is 478. The summed E-state index contributed by atoms with van der Waals surface area (Å²) in [6, 6.07) is 2.53. The number of thioether (sulfide) groups is 1. The van der Waals surface area contributed by atoms with Crippen molar-refractivity contribution in [2.45, 2.75) is 0 Å². The van der Waals surface area contributed by atoms with Gasteiger partial charge in [-0.15, -0.1) is 0 Å². The van der Waals surface area contributed by atoms with Crippen molar-refractivity contribution < 1.29 is 8.78 Å². The molecule has 0 amide bonds. The Labute approximate surface area is 121 Å². The van der Waals surface area contributed by atoms with Gasteiger partial charge in [-0.2, -0.15) is 11.8 Å². The normalized spacial score (nSPS) is 16.4. The minimum atomic E-state index is -0.570. The minimum absolute atomic E-state index is 0.0478. The summed E-state index contributed by atoms with van der Waals surface area (Å²) in [5.41, 5.74) is 11.6. The van der Waals surface area contributed by atoms with Crippen LogP contribution in [0.15, 0.2) is 24.0 Å². The van der Waals surface area contributed by atoms with Crippen molar-refractivity contribution in [2.75, 3.05) is 41.4 Å². The van der Waals surface area contributed by atoms with Gasteiger partial charge in [0.15, 0.2) is 11.6 Å². The molecule has 0 bridgehead atoms. The molecule has 5 N–H and O–H groups in total. The molecule has 0 aliphatic carbocycles. The highest BCUT2D eigenvalue weighted by Crippen LogP contribution is 2.29. The van der Waals surface area contributed by atoms with Gasteiger partial charge in [-0.3, -0.25) is 0 Å². The lowest BCUT2D eigenvalue weighted by molar-refractivity contribution is 0.574. The van der Waals surface area contributed by atoms with Gasteiger partial charge in [0.25, 0.3) is 0 Å². The first-order valence-corrected chi connectivity index (χ1v) is 7.50. The Balaban J connectivity index is 2.19. The maximum Gasteiger partial charge on any atom is 0.151 e. The predicted octanol–water partition coefficient (Wildman–Crippen LogP) is 1.69. The lowest BCUT2D eigenvalue weighted by atomic mass is 10.2. The fourth-order valence-electron chi connectivity index (χ4n) is 1.97. The number of rotatable bonds is 4. The molecule has 1 fully saturated rings. The van der Waals surface area contributed by atoms with E-state index in [1.807, 2.05) is 0 Å². The lowest BCUT2D eigenvalue weighted by Crippen LogP contribution is -2.33. The summed E-state index contributed by atoms with van der Waals surface area (Å²) >= 11 is 1.79. The maximum atomic E-state index is 14.1. The Hall–Kier alpha value is -1.47. The summed E-state index contributed by atoms with van der Waals surface area (Å²) < 4.78 is 28.2. The molecule has 1 heterocycles. The fourth-order valence-corrected chi connectivity index (χ4v) is 2.88. The van der Waals surface area contributed by atoms with E-state index in [0.717, 1.165) is 11.5 Å². The van der Waals surface area contributed by atoms with Crippen LogP contribution in [0.5, 0.6) is 0 Å². The van der Waals surface area contributed by atoms with Crippen LogP contribution in [-0.2, 0) is 0 Å². The van der Waals surface area contributed by atoms with Crippen LogP contribution in [0.1, 0.15) is 0 Å². The number of benzene rings is 1. The predicted molar refractivity (Wildman–Crippen MR) is 80.8 cm³/mol. The molecule has 1 saturated heterocycles. The van der Waals surface area contributed by atoms with Crippen molar-refractivity contribution in [1.29, 1.82) is 0 Å². The van der Waals surface area contributed by atoms with E-state index in [2.05, 4.69) is 5.32 Å². The first-order chi connectivity index (χ1) is 9.61. The van der Waals surface area contributed by atoms with Gasteiger partial charge in [-0.1, -0.05) is 0 Å². The Morgan fingerprint density at radius 2 is 1.90 bits per heavy atom. The molecule has 0 unspecified atom stereocenters. The van der Waals surface area contributed by atoms with E-state index in [-0.39, 0.29) is 12.2 Å². The van der Waals surface area contributed by atoms with E-state index in [1.54, 1.807) is 16.7 Å². The topological polar surface area (TPSA) is 67.3 Å². The van der Waals surface area contributed by atoms with Crippen LogP contribution < -0.4 is 21.7 Å². The molecule has 20 heavy (non-hydrogen) atoms. The second-order valence-electron chi connectivity index (χ2n) is 4.46. The SMILES string of the molecule is NC/C(N)=C/Nc1cc(F)c(N2CCSCC2)c(F)c1. The van der Waals surface area contributed by atoms with Crippen LogP contribution in [0.25, 0.3) is 0 Å². The molecule has 0 spiro atoms. The quantitative estimate of drug-likeness (QED) is 0.789. The van der Waals surface area contributed by atoms with Gasteiger partial charge in [0.05, 0.1) is 0 Å². The maximum absolute atomic E-state index is 14.1. The van der Waals surface area contributed by atoms with Crippen LogP contribution in [0.2, 0.25) is 0 Å². The van der Waals surface area contributed by atoms with Gasteiger partial charge in [0.2, 0.25) is 0 Å². The van der Waals surface area contributed by atoms with Crippen molar-refractivity contribution in [3.63, 3.8) is 0 Å². The van der Waals surface area contributed by atoms with Gasteiger partial charge in [0, 0.05) is 48.7 Å². The summed E-state index contributed by atoms with van der Waals surface area (Å²) in [5.74, 6) is 0.627. The van der Waals surface area contributed by atoms with Gasteiger partial charge in [-0.25, -0.2) is 8.78 Å². The molecule has 7 heteroatoms. The zero-order valence-corrected chi connectivity index (χ0v) is 11.9. The summed E-state index contributed by atoms with van der Waals surface area (Å²) in [5, 5.41) is 2.74.